The summed E-state index contributed by atoms with van der Waals surface area (Å²) in [6.45, 7) is 1.11. The van der Waals surface area contributed by atoms with Crippen molar-refractivity contribution in [3.8, 4) is 5.75 Å². The van der Waals surface area contributed by atoms with E-state index in [0.717, 1.165) is 25.9 Å². The number of likely N-dealkylation sites (tertiary alicyclic amines) is 1. The van der Waals surface area contributed by atoms with Crippen molar-refractivity contribution < 1.29 is 24.2 Å². The van der Waals surface area contributed by atoms with Gasteiger partial charge in [0, 0.05) is 30.4 Å². The zero-order chi connectivity index (χ0) is 26.4. The van der Waals surface area contributed by atoms with Crippen LogP contribution in [-0.2, 0) is 4.79 Å². The molecule has 0 saturated carbocycles. The van der Waals surface area contributed by atoms with Gasteiger partial charge in [-0.15, -0.1) is 0 Å². The molecule has 0 atom stereocenters. The van der Waals surface area contributed by atoms with Gasteiger partial charge in [0.15, 0.2) is 6.61 Å². The molecule has 10 nitrogen and oxygen atoms in total. The number of hydrogen-bond acceptors (Lipinski definition) is 6. The van der Waals surface area contributed by atoms with Crippen LogP contribution in [0.2, 0.25) is 5.02 Å². The molecule has 0 radical (unpaired) electrons. The highest BCUT2D eigenvalue weighted by Crippen LogP contribution is 2.25. The maximum absolute atomic E-state index is 13.0. The number of pyridine rings is 1. The van der Waals surface area contributed by atoms with E-state index in [4.69, 9.17) is 26.9 Å². The average molecular weight is 522 g/mol. The van der Waals surface area contributed by atoms with E-state index < -0.39 is 24.4 Å². The van der Waals surface area contributed by atoms with E-state index in [9.17, 15) is 14.4 Å². The fourth-order valence-electron chi connectivity index (χ4n) is 3.79. The topological polar surface area (TPSA) is 145 Å². The van der Waals surface area contributed by atoms with Gasteiger partial charge >= 0.3 is 5.97 Å². The molecule has 0 unspecified atom stereocenters. The second-order valence-electron chi connectivity index (χ2n) is 8.28. The molecule has 0 spiro atoms. The average Bonchev–Trinajstić information content (AvgIpc) is 3.44. The number of rotatable bonds is 8. The molecular weight excluding hydrogens is 498 g/mol. The Morgan fingerprint density at radius 2 is 1.68 bits per heavy atom. The summed E-state index contributed by atoms with van der Waals surface area (Å²) < 4.78 is 5.20. The second kappa shape index (κ2) is 11.5. The standard InChI is InChI=1S/C26H24ClN5O5/c27-18-7-10-22(29-14-18)31-26(36)20-13-19(37-15-23(33)34)8-9-21(20)30-25(35)17-5-3-16(4-6-17)24(28)32-11-1-2-12-32/h3-10,13-14,28H,1-2,11-12,15H2,(H,30,35)(H,33,34)(H,29,31,36). The van der Waals surface area contributed by atoms with Crippen LogP contribution in [0.25, 0.3) is 0 Å². The zero-order valence-electron chi connectivity index (χ0n) is 19.7. The Labute approximate surface area is 217 Å². The number of carbonyl (C=O) groups excluding carboxylic acids is 2. The summed E-state index contributed by atoms with van der Waals surface area (Å²) in [5.74, 6) is -1.43. The molecule has 1 aliphatic rings. The van der Waals surface area contributed by atoms with Gasteiger partial charge in [0.2, 0.25) is 0 Å². The smallest absolute Gasteiger partial charge is 0.341 e. The van der Waals surface area contributed by atoms with Crippen molar-refractivity contribution in [2.24, 2.45) is 0 Å². The summed E-state index contributed by atoms with van der Waals surface area (Å²) in [6.07, 6.45) is 3.50. The van der Waals surface area contributed by atoms with E-state index in [1.54, 1.807) is 30.3 Å². The number of carboxylic acids is 1. The van der Waals surface area contributed by atoms with Crippen LogP contribution in [0.5, 0.6) is 5.75 Å². The van der Waals surface area contributed by atoms with Crippen molar-refractivity contribution in [1.29, 1.82) is 5.41 Å². The lowest BCUT2D eigenvalue weighted by Gasteiger charge is -2.18. The van der Waals surface area contributed by atoms with Crippen LogP contribution < -0.4 is 15.4 Å². The first kappa shape index (κ1) is 25.6. The number of aromatic nitrogens is 1. The monoisotopic (exact) mass is 521 g/mol. The van der Waals surface area contributed by atoms with Gasteiger partial charge in [-0.25, -0.2) is 9.78 Å². The third kappa shape index (κ3) is 6.62. The number of anilines is 2. The minimum absolute atomic E-state index is 0.0421. The van der Waals surface area contributed by atoms with Gasteiger partial charge in [-0.3, -0.25) is 15.0 Å². The number of benzene rings is 2. The minimum atomic E-state index is -1.17. The summed E-state index contributed by atoms with van der Waals surface area (Å²) in [4.78, 5) is 42.9. The zero-order valence-corrected chi connectivity index (χ0v) is 20.4. The molecule has 1 aromatic heterocycles. The molecule has 2 heterocycles. The summed E-state index contributed by atoms with van der Waals surface area (Å²) in [5.41, 5.74) is 1.29. The maximum Gasteiger partial charge on any atom is 0.341 e. The van der Waals surface area contributed by atoms with E-state index in [1.165, 1.54) is 30.5 Å². The molecule has 1 aliphatic heterocycles. The Kier molecular flexibility index (Phi) is 7.99. The van der Waals surface area contributed by atoms with Crippen LogP contribution in [0.15, 0.2) is 60.8 Å². The van der Waals surface area contributed by atoms with Crippen molar-refractivity contribution in [2.75, 3.05) is 30.3 Å². The molecule has 1 saturated heterocycles. The predicted molar refractivity (Wildman–Crippen MR) is 139 cm³/mol. The molecule has 1 fully saturated rings. The highest BCUT2D eigenvalue weighted by atomic mass is 35.5. The first-order valence-electron chi connectivity index (χ1n) is 11.5. The van der Waals surface area contributed by atoms with Crippen molar-refractivity contribution in [3.63, 3.8) is 0 Å². The fraction of sp³-hybridized carbons (Fsp3) is 0.192. The van der Waals surface area contributed by atoms with E-state index in [0.29, 0.717) is 22.0 Å². The molecule has 190 valence electrons. The number of aliphatic carboxylic acids is 1. The number of ether oxygens (including phenoxy) is 1. The maximum atomic E-state index is 13.0. The number of amides is 2. The van der Waals surface area contributed by atoms with Crippen molar-refractivity contribution >= 4 is 46.7 Å². The third-order valence-corrected chi connectivity index (χ3v) is 5.88. The molecule has 11 heteroatoms. The second-order valence-corrected chi connectivity index (χ2v) is 8.72. The third-order valence-electron chi connectivity index (χ3n) is 5.66. The van der Waals surface area contributed by atoms with Gasteiger partial charge in [-0.2, -0.15) is 0 Å². The highest BCUT2D eigenvalue weighted by Gasteiger charge is 2.19. The molecule has 3 aromatic rings. The molecule has 2 aromatic carbocycles. The Morgan fingerprint density at radius 1 is 0.973 bits per heavy atom. The number of nitrogens with one attached hydrogen (secondary N) is 3. The Morgan fingerprint density at radius 3 is 2.32 bits per heavy atom. The molecular formula is C26H24ClN5O5. The van der Waals surface area contributed by atoms with Crippen LogP contribution in [-0.4, -0.2) is 58.3 Å². The van der Waals surface area contributed by atoms with Gasteiger partial charge < -0.3 is 25.4 Å². The number of amidine groups is 1. The normalized spacial score (nSPS) is 12.6. The summed E-state index contributed by atoms with van der Waals surface area (Å²) in [7, 11) is 0. The predicted octanol–water partition coefficient (Wildman–Crippen LogP) is 4.12. The van der Waals surface area contributed by atoms with Crippen LogP contribution in [0.4, 0.5) is 11.5 Å². The Bertz CT molecular complexity index is 1320. The molecule has 2 amide bonds. The van der Waals surface area contributed by atoms with E-state index in [-0.39, 0.29) is 22.8 Å². The van der Waals surface area contributed by atoms with Gasteiger partial charge in [0.25, 0.3) is 11.8 Å². The first-order chi connectivity index (χ1) is 17.8. The molecule has 4 rings (SSSR count). The highest BCUT2D eigenvalue weighted by molar-refractivity contribution is 6.30. The molecule has 37 heavy (non-hydrogen) atoms. The van der Waals surface area contributed by atoms with Crippen LogP contribution in [0.3, 0.4) is 0 Å². The van der Waals surface area contributed by atoms with Crippen molar-refractivity contribution in [3.05, 3.63) is 82.5 Å². The molecule has 4 N–H and O–H groups in total. The van der Waals surface area contributed by atoms with Crippen molar-refractivity contribution in [2.45, 2.75) is 12.8 Å². The first-order valence-corrected chi connectivity index (χ1v) is 11.8. The fourth-order valence-corrected chi connectivity index (χ4v) is 3.90. The summed E-state index contributed by atoms with van der Waals surface area (Å²) >= 11 is 5.85. The van der Waals surface area contributed by atoms with Gasteiger partial charge in [0.1, 0.15) is 17.4 Å². The Balaban J connectivity index is 1.53. The van der Waals surface area contributed by atoms with Crippen molar-refractivity contribution in [1.82, 2.24) is 9.88 Å². The lowest BCUT2D eigenvalue weighted by molar-refractivity contribution is -0.139. The van der Waals surface area contributed by atoms with Gasteiger partial charge in [0.05, 0.1) is 16.3 Å². The van der Waals surface area contributed by atoms with E-state index >= 15 is 0 Å². The summed E-state index contributed by atoms with van der Waals surface area (Å²) in [5, 5.41) is 23.0. The van der Waals surface area contributed by atoms with Crippen LogP contribution in [0.1, 0.15) is 39.1 Å². The minimum Gasteiger partial charge on any atom is -0.482 e. The largest absolute Gasteiger partial charge is 0.482 e. The number of nitrogens with zero attached hydrogens (tertiary/aromatic N) is 2. The number of halogens is 1. The SMILES string of the molecule is N=C(c1ccc(C(=O)Nc2ccc(OCC(=O)O)cc2C(=O)Nc2ccc(Cl)cn2)cc1)N1CCCC1. The number of carboxylic acid groups (broad SMARTS) is 1. The quantitative estimate of drug-likeness (QED) is 0.257. The van der Waals surface area contributed by atoms with Crippen LogP contribution in [0, 0.1) is 5.41 Å². The van der Waals surface area contributed by atoms with Gasteiger partial charge in [-0.05, 0) is 55.3 Å². The Hall–Kier alpha value is -4.44. The summed E-state index contributed by atoms with van der Waals surface area (Å²) in [6, 6.07) is 14.0. The van der Waals surface area contributed by atoms with Gasteiger partial charge in [-0.1, -0.05) is 23.7 Å². The number of carbonyl (C=O) groups is 3. The number of hydrogen-bond donors (Lipinski definition) is 4. The molecule has 0 bridgehead atoms. The van der Waals surface area contributed by atoms with E-state index in [2.05, 4.69) is 15.6 Å². The molecule has 0 aliphatic carbocycles. The lowest BCUT2D eigenvalue weighted by Crippen LogP contribution is -2.27. The van der Waals surface area contributed by atoms with E-state index in [1.807, 2.05) is 4.90 Å². The van der Waals surface area contributed by atoms with Crippen LogP contribution >= 0.6 is 11.6 Å². The lowest BCUT2D eigenvalue weighted by atomic mass is 10.1.